The van der Waals surface area contributed by atoms with E-state index in [1.165, 1.54) is 6.08 Å². The van der Waals surface area contributed by atoms with Crippen LogP contribution >= 0.6 is 0 Å². The van der Waals surface area contributed by atoms with Gasteiger partial charge in [-0.25, -0.2) is 4.39 Å². The SMILES string of the molecule is [N-]=[N+]=NCCC=Cc1cc([N+](=O)[O-])c(N)cc1F. The molecule has 0 aliphatic heterocycles. The van der Waals surface area contributed by atoms with Crippen molar-refractivity contribution in [2.45, 2.75) is 6.42 Å². The van der Waals surface area contributed by atoms with Crippen LogP contribution in [0.15, 0.2) is 23.3 Å². The molecule has 0 aliphatic carbocycles. The number of azide groups is 1. The summed E-state index contributed by atoms with van der Waals surface area (Å²) in [7, 11) is 0. The normalized spacial score (nSPS) is 10.3. The highest BCUT2D eigenvalue weighted by Crippen LogP contribution is 2.25. The number of nitro groups is 1. The molecule has 2 N–H and O–H groups in total. The zero-order valence-electron chi connectivity index (χ0n) is 9.28. The number of hydrogen-bond donors (Lipinski definition) is 1. The van der Waals surface area contributed by atoms with E-state index in [0.717, 1.165) is 12.1 Å². The monoisotopic (exact) mass is 251 g/mol. The summed E-state index contributed by atoms with van der Waals surface area (Å²) in [6, 6.07) is 1.97. The van der Waals surface area contributed by atoms with E-state index in [4.69, 9.17) is 11.3 Å². The zero-order valence-corrected chi connectivity index (χ0v) is 9.28. The summed E-state index contributed by atoms with van der Waals surface area (Å²) in [6.45, 7) is 0.242. The second-order valence-electron chi connectivity index (χ2n) is 3.34. The van der Waals surface area contributed by atoms with E-state index in [1.807, 2.05) is 0 Å². The Hall–Kier alpha value is -2.60. The van der Waals surface area contributed by atoms with Crippen LogP contribution in [-0.2, 0) is 0 Å². The molecule has 0 bridgehead atoms. The molecule has 0 saturated heterocycles. The van der Waals surface area contributed by atoms with E-state index < -0.39 is 10.7 Å². The number of hydrogen-bond acceptors (Lipinski definition) is 4. The quantitative estimate of drug-likeness (QED) is 0.165. The van der Waals surface area contributed by atoms with Crippen molar-refractivity contribution in [1.82, 2.24) is 0 Å². The fourth-order valence-corrected chi connectivity index (χ4v) is 1.27. The minimum atomic E-state index is -0.675. The lowest BCUT2D eigenvalue weighted by atomic mass is 10.1. The predicted octanol–water partition coefficient (Wildman–Crippen LogP) is 3.03. The number of benzene rings is 1. The van der Waals surface area contributed by atoms with Gasteiger partial charge in [0.1, 0.15) is 11.5 Å². The van der Waals surface area contributed by atoms with Gasteiger partial charge in [0.15, 0.2) is 0 Å². The maximum absolute atomic E-state index is 13.4. The van der Waals surface area contributed by atoms with Gasteiger partial charge in [-0.2, -0.15) is 0 Å². The van der Waals surface area contributed by atoms with Crippen LogP contribution < -0.4 is 5.73 Å². The number of nitrogens with two attached hydrogens (primary N) is 1. The molecular formula is C10H10FN5O2. The Morgan fingerprint density at radius 1 is 1.61 bits per heavy atom. The molecule has 0 aliphatic rings. The highest BCUT2D eigenvalue weighted by Gasteiger charge is 2.14. The highest BCUT2D eigenvalue weighted by atomic mass is 19.1. The molecule has 0 atom stereocenters. The van der Waals surface area contributed by atoms with Gasteiger partial charge >= 0.3 is 0 Å². The molecule has 1 aromatic rings. The lowest BCUT2D eigenvalue weighted by molar-refractivity contribution is -0.383. The third kappa shape index (κ3) is 3.46. The Morgan fingerprint density at radius 2 is 2.33 bits per heavy atom. The first-order valence-electron chi connectivity index (χ1n) is 4.97. The number of nitrogen functional groups attached to an aromatic ring is 1. The highest BCUT2D eigenvalue weighted by molar-refractivity contribution is 5.65. The Bertz CT molecular complexity index is 537. The fourth-order valence-electron chi connectivity index (χ4n) is 1.27. The molecule has 0 spiro atoms. The summed E-state index contributed by atoms with van der Waals surface area (Å²) >= 11 is 0. The van der Waals surface area contributed by atoms with Crippen molar-refractivity contribution in [3.8, 4) is 0 Å². The molecule has 1 aromatic carbocycles. The standard InChI is InChI=1S/C10H10FN5O2/c11-8-6-9(12)10(16(17)18)5-7(8)3-1-2-4-14-15-13/h1,3,5-6H,2,4,12H2. The van der Waals surface area contributed by atoms with E-state index in [9.17, 15) is 14.5 Å². The van der Waals surface area contributed by atoms with E-state index in [0.29, 0.717) is 6.42 Å². The van der Waals surface area contributed by atoms with Crippen LogP contribution in [0.5, 0.6) is 0 Å². The molecule has 0 amide bonds. The number of anilines is 1. The third-order valence-electron chi connectivity index (χ3n) is 2.10. The molecule has 0 radical (unpaired) electrons. The van der Waals surface area contributed by atoms with Gasteiger partial charge in [-0.1, -0.05) is 17.3 Å². The van der Waals surface area contributed by atoms with Crippen molar-refractivity contribution in [2.75, 3.05) is 12.3 Å². The minimum absolute atomic E-state index is 0.0665. The van der Waals surface area contributed by atoms with Crippen molar-refractivity contribution >= 4 is 17.5 Å². The average Bonchev–Trinajstić information content (AvgIpc) is 2.30. The van der Waals surface area contributed by atoms with E-state index >= 15 is 0 Å². The maximum Gasteiger partial charge on any atom is 0.292 e. The average molecular weight is 251 g/mol. The van der Waals surface area contributed by atoms with Gasteiger partial charge in [-0.3, -0.25) is 10.1 Å². The van der Waals surface area contributed by atoms with Gasteiger partial charge in [-0.05, 0) is 12.0 Å². The number of halogens is 1. The van der Waals surface area contributed by atoms with Crippen LogP contribution in [0.4, 0.5) is 15.8 Å². The van der Waals surface area contributed by atoms with Gasteiger partial charge in [0.05, 0.1) is 4.92 Å². The second kappa shape index (κ2) is 6.21. The Labute approximate surface area is 101 Å². The first kappa shape index (κ1) is 13.5. The van der Waals surface area contributed by atoms with Crippen LogP contribution in [0.25, 0.3) is 16.5 Å². The molecule has 0 aromatic heterocycles. The van der Waals surface area contributed by atoms with Gasteiger partial charge in [-0.15, -0.1) is 0 Å². The first-order chi connectivity index (χ1) is 8.56. The van der Waals surface area contributed by atoms with Gasteiger partial charge in [0.2, 0.25) is 0 Å². The van der Waals surface area contributed by atoms with E-state index in [2.05, 4.69) is 10.0 Å². The summed E-state index contributed by atoms with van der Waals surface area (Å²) in [4.78, 5) is 12.5. The lowest BCUT2D eigenvalue weighted by Gasteiger charge is -2.00. The second-order valence-corrected chi connectivity index (χ2v) is 3.34. The van der Waals surface area contributed by atoms with Crippen molar-refractivity contribution in [1.29, 1.82) is 0 Å². The molecule has 0 fully saturated rings. The summed E-state index contributed by atoms with van der Waals surface area (Å²) in [5.41, 5.74) is 12.9. The van der Waals surface area contributed by atoms with Crippen LogP contribution in [0, 0.1) is 15.9 Å². The summed E-state index contributed by atoms with van der Waals surface area (Å²) < 4.78 is 13.4. The first-order valence-corrected chi connectivity index (χ1v) is 4.97. The van der Waals surface area contributed by atoms with Crippen LogP contribution in [0.1, 0.15) is 12.0 Å². The number of nitro benzene ring substituents is 1. The Balaban J connectivity index is 2.91. The van der Waals surface area contributed by atoms with Crippen molar-refractivity contribution < 1.29 is 9.31 Å². The molecular weight excluding hydrogens is 241 g/mol. The van der Waals surface area contributed by atoms with Crippen molar-refractivity contribution in [3.63, 3.8) is 0 Å². The Kier molecular flexibility index (Phi) is 4.65. The lowest BCUT2D eigenvalue weighted by Crippen LogP contribution is -1.98. The summed E-state index contributed by atoms with van der Waals surface area (Å²) in [5.74, 6) is -0.641. The summed E-state index contributed by atoms with van der Waals surface area (Å²) in [5, 5.41) is 13.9. The van der Waals surface area contributed by atoms with E-state index in [1.54, 1.807) is 6.08 Å². The van der Waals surface area contributed by atoms with E-state index in [-0.39, 0.29) is 23.5 Å². The number of nitrogens with zero attached hydrogens (tertiary/aromatic N) is 4. The van der Waals surface area contributed by atoms with Gasteiger partial charge in [0.25, 0.3) is 5.69 Å². The minimum Gasteiger partial charge on any atom is -0.393 e. The molecule has 0 saturated carbocycles. The van der Waals surface area contributed by atoms with Crippen LogP contribution in [-0.4, -0.2) is 11.5 Å². The Morgan fingerprint density at radius 3 is 2.94 bits per heavy atom. The molecule has 18 heavy (non-hydrogen) atoms. The van der Waals surface area contributed by atoms with Gasteiger partial charge in [0, 0.05) is 29.2 Å². The third-order valence-corrected chi connectivity index (χ3v) is 2.10. The predicted molar refractivity (Wildman–Crippen MR) is 65.1 cm³/mol. The van der Waals surface area contributed by atoms with Crippen LogP contribution in [0.2, 0.25) is 0 Å². The fraction of sp³-hybridized carbons (Fsp3) is 0.200. The van der Waals surface area contributed by atoms with Gasteiger partial charge < -0.3 is 5.73 Å². The number of rotatable bonds is 5. The molecule has 8 heteroatoms. The molecule has 0 unspecified atom stereocenters. The molecule has 1 rings (SSSR count). The topological polar surface area (TPSA) is 118 Å². The van der Waals surface area contributed by atoms with Crippen molar-refractivity contribution in [2.24, 2.45) is 5.11 Å². The molecule has 94 valence electrons. The largest absolute Gasteiger partial charge is 0.393 e. The maximum atomic E-state index is 13.4. The van der Waals surface area contributed by atoms with Crippen LogP contribution in [0.3, 0.4) is 0 Å². The smallest absolute Gasteiger partial charge is 0.292 e. The van der Waals surface area contributed by atoms with Crippen molar-refractivity contribution in [3.05, 3.63) is 50.1 Å². The molecule has 7 nitrogen and oxygen atoms in total. The summed E-state index contributed by atoms with van der Waals surface area (Å²) in [6.07, 6.45) is 3.36. The zero-order chi connectivity index (χ0) is 13.5. The molecule has 0 heterocycles.